The Morgan fingerprint density at radius 3 is 2.61 bits per heavy atom. The molecule has 1 unspecified atom stereocenters. The molecule has 0 aliphatic rings. The molecule has 3 aromatic rings. The van der Waals surface area contributed by atoms with Crippen molar-refractivity contribution in [1.82, 2.24) is 9.55 Å². The number of hydrogen-bond acceptors (Lipinski definition) is 6. The molecule has 9 nitrogen and oxygen atoms in total. The molecule has 3 rings (SSSR count). The highest BCUT2D eigenvalue weighted by atomic mass is 16.4. The van der Waals surface area contributed by atoms with Gasteiger partial charge in [0.15, 0.2) is 5.78 Å². The zero-order chi connectivity index (χ0) is 27.8. The summed E-state index contributed by atoms with van der Waals surface area (Å²) in [6, 6.07) is 10.9. The number of aliphatic hydroxyl groups excluding tert-OH is 1. The molecular weight excluding hydrogens is 484 g/mol. The van der Waals surface area contributed by atoms with Gasteiger partial charge in [0.1, 0.15) is 11.7 Å². The van der Waals surface area contributed by atoms with E-state index in [0.717, 1.165) is 30.5 Å². The molecule has 2 heterocycles. The van der Waals surface area contributed by atoms with Crippen LogP contribution in [0.25, 0.3) is 11.0 Å². The lowest BCUT2D eigenvalue weighted by molar-refractivity contribution is -0.137. The van der Waals surface area contributed by atoms with E-state index in [2.05, 4.69) is 16.4 Å². The van der Waals surface area contributed by atoms with Crippen LogP contribution in [-0.2, 0) is 23.1 Å². The fraction of sp³-hybridized carbons (Fsp3) is 0.414. The smallest absolute Gasteiger partial charge is 0.303 e. The largest absolute Gasteiger partial charge is 0.481 e. The molecule has 2 atom stereocenters. The Bertz CT molecular complexity index is 1370. The number of pyridine rings is 1. The van der Waals surface area contributed by atoms with Gasteiger partial charge in [-0.05, 0) is 48.9 Å². The lowest BCUT2D eigenvalue weighted by atomic mass is 9.94. The summed E-state index contributed by atoms with van der Waals surface area (Å²) in [6.07, 6.45) is 4.37. The minimum absolute atomic E-state index is 0.0937. The van der Waals surface area contributed by atoms with E-state index < -0.39 is 12.1 Å². The Morgan fingerprint density at radius 1 is 1.16 bits per heavy atom. The number of aliphatic carboxylic acids is 1. The number of ketones is 1. The second kappa shape index (κ2) is 13.0. The summed E-state index contributed by atoms with van der Waals surface area (Å²) < 4.78 is 1.88. The maximum atomic E-state index is 13.3. The number of carboxylic acid groups (broad SMARTS) is 1. The van der Waals surface area contributed by atoms with Gasteiger partial charge in [0.2, 0.25) is 5.91 Å². The van der Waals surface area contributed by atoms with Crippen LogP contribution in [0.1, 0.15) is 85.7 Å². The van der Waals surface area contributed by atoms with E-state index in [1.54, 1.807) is 31.2 Å². The fourth-order valence-corrected chi connectivity index (χ4v) is 4.81. The SMILES string of the molecule is CC(=O)Nc1cccc(C(O)CCCCCc2c(C(=O)C[C@H](C)CC(=O)O)c3cc(C#N)cnc3n2C)c1. The molecule has 9 heteroatoms. The number of nitrogens with one attached hydrogen (secondary N) is 1. The molecule has 0 aliphatic heterocycles. The highest BCUT2D eigenvalue weighted by molar-refractivity contribution is 6.09. The lowest BCUT2D eigenvalue weighted by Gasteiger charge is -2.13. The molecule has 0 aliphatic carbocycles. The topological polar surface area (TPSA) is 145 Å². The van der Waals surface area contributed by atoms with Gasteiger partial charge >= 0.3 is 5.97 Å². The summed E-state index contributed by atoms with van der Waals surface area (Å²) >= 11 is 0. The molecule has 0 saturated carbocycles. The second-order valence-corrected chi connectivity index (χ2v) is 9.84. The molecule has 0 spiro atoms. The molecule has 0 fully saturated rings. The Morgan fingerprint density at radius 2 is 1.92 bits per heavy atom. The summed E-state index contributed by atoms with van der Waals surface area (Å²) in [4.78, 5) is 40.1. The number of Topliss-reactive ketones (excluding diaryl/α,β-unsaturated/α-hetero) is 1. The van der Waals surface area contributed by atoms with E-state index in [-0.39, 0.29) is 30.4 Å². The number of unbranched alkanes of at least 4 members (excludes halogenated alkanes) is 2. The van der Waals surface area contributed by atoms with Crippen molar-refractivity contribution in [2.75, 3.05) is 5.32 Å². The maximum Gasteiger partial charge on any atom is 0.303 e. The first-order chi connectivity index (χ1) is 18.1. The number of anilines is 1. The van der Waals surface area contributed by atoms with E-state index >= 15 is 0 Å². The van der Waals surface area contributed by atoms with Crippen LogP contribution in [0.15, 0.2) is 36.5 Å². The Labute approximate surface area is 222 Å². The zero-order valence-electron chi connectivity index (χ0n) is 22.0. The number of carboxylic acids is 1. The van der Waals surface area contributed by atoms with Crippen molar-refractivity contribution >= 4 is 34.4 Å². The van der Waals surface area contributed by atoms with Crippen LogP contribution < -0.4 is 5.32 Å². The molecule has 1 aromatic carbocycles. The fourth-order valence-electron chi connectivity index (χ4n) is 4.81. The number of nitriles is 1. The van der Waals surface area contributed by atoms with Crippen LogP contribution in [0, 0.1) is 17.2 Å². The Balaban J connectivity index is 1.69. The van der Waals surface area contributed by atoms with Crippen LogP contribution >= 0.6 is 0 Å². The third kappa shape index (κ3) is 7.26. The number of benzene rings is 1. The number of aromatic nitrogens is 2. The van der Waals surface area contributed by atoms with Crippen LogP contribution in [0.3, 0.4) is 0 Å². The van der Waals surface area contributed by atoms with Crippen molar-refractivity contribution in [2.24, 2.45) is 13.0 Å². The maximum absolute atomic E-state index is 13.3. The van der Waals surface area contributed by atoms with Crippen LogP contribution in [0.5, 0.6) is 0 Å². The van der Waals surface area contributed by atoms with Crippen molar-refractivity contribution in [2.45, 2.75) is 64.9 Å². The van der Waals surface area contributed by atoms with Crippen LogP contribution in [0.4, 0.5) is 5.69 Å². The first kappa shape index (κ1) is 28.5. The first-order valence-electron chi connectivity index (χ1n) is 12.8. The van der Waals surface area contributed by atoms with E-state index in [9.17, 15) is 24.8 Å². The molecule has 0 saturated heterocycles. The summed E-state index contributed by atoms with van der Waals surface area (Å²) in [5.74, 6) is -1.58. The van der Waals surface area contributed by atoms with Gasteiger partial charge in [0.05, 0.1) is 11.7 Å². The van der Waals surface area contributed by atoms with Gasteiger partial charge in [0, 0.05) is 55.3 Å². The number of carbonyl (C=O) groups is 3. The Hall–Kier alpha value is -4.03. The summed E-state index contributed by atoms with van der Waals surface area (Å²) in [7, 11) is 1.85. The minimum atomic E-state index is -0.944. The predicted molar refractivity (Wildman–Crippen MR) is 144 cm³/mol. The summed E-state index contributed by atoms with van der Waals surface area (Å²) in [6.45, 7) is 3.18. The average Bonchev–Trinajstić information content (AvgIpc) is 3.13. The highest BCUT2D eigenvalue weighted by Crippen LogP contribution is 2.29. The number of hydrogen-bond donors (Lipinski definition) is 3. The predicted octanol–water partition coefficient (Wildman–Crippen LogP) is 4.92. The van der Waals surface area contributed by atoms with E-state index in [1.807, 2.05) is 17.7 Å². The van der Waals surface area contributed by atoms with Gasteiger partial charge in [-0.2, -0.15) is 5.26 Å². The number of aliphatic hydroxyl groups is 1. The molecule has 1 amide bonds. The van der Waals surface area contributed by atoms with Crippen molar-refractivity contribution in [3.05, 3.63) is 58.9 Å². The molecule has 38 heavy (non-hydrogen) atoms. The number of rotatable bonds is 13. The van der Waals surface area contributed by atoms with Gasteiger partial charge in [-0.1, -0.05) is 31.9 Å². The van der Waals surface area contributed by atoms with Crippen molar-refractivity contribution < 1.29 is 24.6 Å². The minimum Gasteiger partial charge on any atom is -0.481 e. The van der Waals surface area contributed by atoms with E-state index in [4.69, 9.17) is 5.11 Å². The van der Waals surface area contributed by atoms with Gasteiger partial charge in [-0.15, -0.1) is 0 Å². The number of amides is 1. The van der Waals surface area contributed by atoms with Gasteiger partial charge < -0.3 is 20.1 Å². The highest BCUT2D eigenvalue weighted by Gasteiger charge is 2.24. The third-order valence-corrected chi connectivity index (χ3v) is 6.59. The average molecular weight is 519 g/mol. The molecular formula is C29H34N4O5. The van der Waals surface area contributed by atoms with Gasteiger partial charge in [-0.25, -0.2) is 4.98 Å². The summed E-state index contributed by atoms with van der Waals surface area (Å²) in [5, 5.41) is 32.4. The standard InChI is InChI=1S/C29H34N4O5/c1-18(13-27(37)38)12-26(36)28-23-14-20(16-30)17-31-29(23)33(3)24(28)10-5-4-6-11-25(35)21-8-7-9-22(15-21)32-19(2)34/h7-9,14-15,17-18,25,35H,4-6,10-13H2,1-3H3,(H,32,34)(H,37,38)/t18-,25?/m0/s1. The van der Waals surface area contributed by atoms with Crippen molar-refractivity contribution in [3.63, 3.8) is 0 Å². The van der Waals surface area contributed by atoms with Gasteiger partial charge in [-0.3, -0.25) is 14.4 Å². The molecule has 3 N–H and O–H groups in total. The van der Waals surface area contributed by atoms with Crippen molar-refractivity contribution in [1.29, 1.82) is 5.26 Å². The normalized spacial score (nSPS) is 12.6. The summed E-state index contributed by atoms with van der Waals surface area (Å²) in [5.41, 5.74) is 3.69. The van der Waals surface area contributed by atoms with Gasteiger partial charge in [0.25, 0.3) is 0 Å². The quantitative estimate of drug-likeness (QED) is 0.215. The number of aryl methyl sites for hydroxylation is 1. The molecule has 0 bridgehead atoms. The lowest BCUT2D eigenvalue weighted by Crippen LogP contribution is -2.12. The monoisotopic (exact) mass is 518 g/mol. The van der Waals surface area contributed by atoms with Crippen LogP contribution in [-0.4, -0.2) is 37.4 Å². The Kier molecular flexibility index (Phi) is 9.74. The first-order valence-corrected chi connectivity index (χ1v) is 12.8. The third-order valence-electron chi connectivity index (χ3n) is 6.59. The zero-order valence-corrected chi connectivity index (χ0v) is 22.0. The van der Waals surface area contributed by atoms with Crippen LogP contribution in [0.2, 0.25) is 0 Å². The van der Waals surface area contributed by atoms with Crippen molar-refractivity contribution in [3.8, 4) is 6.07 Å². The number of nitrogens with zero attached hydrogens (tertiary/aromatic N) is 3. The molecule has 0 radical (unpaired) electrons. The molecule has 200 valence electrons. The number of carbonyl (C=O) groups excluding carboxylic acids is 2. The second-order valence-electron chi connectivity index (χ2n) is 9.84. The number of fused-ring (bicyclic) bond motifs is 1. The van der Waals surface area contributed by atoms with E-state index in [0.29, 0.717) is 40.7 Å². The van der Waals surface area contributed by atoms with E-state index in [1.165, 1.54) is 13.1 Å². The molecule has 2 aromatic heterocycles.